The van der Waals surface area contributed by atoms with E-state index in [2.05, 4.69) is 9.98 Å². The van der Waals surface area contributed by atoms with Gasteiger partial charge in [-0.25, -0.2) is 4.99 Å². The van der Waals surface area contributed by atoms with Crippen LogP contribution in [0.5, 0.6) is 0 Å². The minimum Gasteiger partial charge on any atom is -0.368 e. The van der Waals surface area contributed by atoms with Gasteiger partial charge in [0.25, 0.3) is 5.91 Å². The summed E-state index contributed by atoms with van der Waals surface area (Å²) in [5.41, 5.74) is 3.78. The lowest BCUT2D eigenvalue weighted by molar-refractivity contribution is -0.133. The third-order valence-electron chi connectivity index (χ3n) is 2.37. The van der Waals surface area contributed by atoms with E-state index in [0.29, 0.717) is 6.42 Å². The van der Waals surface area contributed by atoms with E-state index in [9.17, 15) is 4.79 Å². The maximum atomic E-state index is 11.2. The number of hydrogen-bond acceptors (Lipinski definition) is 5. The van der Waals surface area contributed by atoms with Crippen molar-refractivity contribution in [2.75, 3.05) is 0 Å². The van der Waals surface area contributed by atoms with Crippen LogP contribution in [-0.2, 0) is 4.79 Å². The summed E-state index contributed by atoms with van der Waals surface area (Å²) in [6, 6.07) is 0. The summed E-state index contributed by atoms with van der Waals surface area (Å²) in [6.45, 7) is 1.72. The van der Waals surface area contributed by atoms with Gasteiger partial charge in [0.2, 0.25) is 0 Å². The molecule has 1 amide bonds. The Morgan fingerprint density at radius 3 is 2.57 bits per heavy atom. The average Bonchev–Trinajstić information content (AvgIpc) is 2.54. The van der Waals surface area contributed by atoms with Gasteiger partial charge in [-0.05, 0) is 6.42 Å². The highest BCUT2D eigenvalue weighted by Gasteiger charge is 2.46. The van der Waals surface area contributed by atoms with Gasteiger partial charge >= 0.3 is 0 Å². The predicted octanol–water partition coefficient (Wildman–Crippen LogP) is -1.34. The molecular weight excluding hydrogens is 186 g/mol. The minimum atomic E-state index is -1.64. The van der Waals surface area contributed by atoms with Crippen LogP contribution in [0.15, 0.2) is 9.98 Å². The van der Waals surface area contributed by atoms with Gasteiger partial charge in [-0.2, -0.15) is 0 Å². The highest BCUT2D eigenvalue weighted by Crippen LogP contribution is 2.27. The van der Waals surface area contributed by atoms with E-state index in [1.165, 1.54) is 12.6 Å². The SMILES string of the molecule is CCC(C(O)O)C1(C(N)=O)C=NC=N1. The third kappa shape index (κ3) is 1.53. The molecule has 0 aliphatic carbocycles. The maximum Gasteiger partial charge on any atom is 0.251 e. The molecule has 1 heterocycles. The van der Waals surface area contributed by atoms with E-state index in [4.69, 9.17) is 15.9 Å². The van der Waals surface area contributed by atoms with Gasteiger partial charge in [0.1, 0.15) is 6.34 Å². The van der Waals surface area contributed by atoms with Crippen molar-refractivity contribution >= 4 is 18.5 Å². The Kier molecular flexibility index (Phi) is 2.97. The zero-order valence-electron chi connectivity index (χ0n) is 7.79. The van der Waals surface area contributed by atoms with Crippen molar-refractivity contribution in [1.82, 2.24) is 0 Å². The topological polar surface area (TPSA) is 108 Å². The predicted molar refractivity (Wildman–Crippen MR) is 50.9 cm³/mol. The fraction of sp³-hybridized carbons (Fsp3) is 0.625. The first-order valence-corrected chi connectivity index (χ1v) is 4.28. The van der Waals surface area contributed by atoms with Crippen molar-refractivity contribution in [3.8, 4) is 0 Å². The second-order valence-electron chi connectivity index (χ2n) is 3.14. The van der Waals surface area contributed by atoms with E-state index in [0.717, 1.165) is 0 Å². The van der Waals surface area contributed by atoms with E-state index >= 15 is 0 Å². The van der Waals surface area contributed by atoms with E-state index in [-0.39, 0.29) is 0 Å². The van der Waals surface area contributed by atoms with Crippen LogP contribution in [0.3, 0.4) is 0 Å². The lowest BCUT2D eigenvalue weighted by Gasteiger charge is -2.29. The second kappa shape index (κ2) is 3.85. The Labute approximate surface area is 81.2 Å². The standard InChI is InChI=1S/C8H13N3O3/c1-2-5(6(12)13)8(7(9)14)3-10-4-11-8/h3-6,12-13H,2H2,1H3,(H2,9,14). The van der Waals surface area contributed by atoms with E-state index in [1.807, 2.05) is 0 Å². The Morgan fingerprint density at radius 1 is 1.64 bits per heavy atom. The number of primary amides is 1. The number of carbonyl (C=O) groups excluding carboxylic acids is 1. The van der Waals surface area contributed by atoms with Gasteiger partial charge in [-0.3, -0.25) is 9.79 Å². The van der Waals surface area contributed by atoms with Gasteiger partial charge in [-0.15, -0.1) is 0 Å². The van der Waals surface area contributed by atoms with Crippen LogP contribution in [0.2, 0.25) is 0 Å². The molecule has 0 aromatic carbocycles. The number of nitrogens with zero attached hydrogens (tertiary/aromatic N) is 2. The normalized spacial score (nSPS) is 27.1. The maximum absolute atomic E-state index is 11.2. The number of carbonyl (C=O) groups is 1. The highest BCUT2D eigenvalue weighted by molar-refractivity contribution is 6.08. The van der Waals surface area contributed by atoms with Gasteiger partial charge < -0.3 is 15.9 Å². The smallest absolute Gasteiger partial charge is 0.251 e. The molecule has 0 aromatic heterocycles. The van der Waals surface area contributed by atoms with Crippen molar-refractivity contribution in [2.45, 2.75) is 25.2 Å². The van der Waals surface area contributed by atoms with Crippen LogP contribution >= 0.6 is 0 Å². The van der Waals surface area contributed by atoms with E-state index < -0.39 is 23.7 Å². The Balaban J connectivity index is 3.04. The summed E-state index contributed by atoms with van der Waals surface area (Å²) in [5.74, 6) is -1.49. The molecule has 6 heteroatoms. The summed E-state index contributed by atoms with van der Waals surface area (Å²) in [7, 11) is 0. The zero-order chi connectivity index (χ0) is 10.8. The lowest BCUT2D eigenvalue weighted by atomic mass is 9.82. The fourth-order valence-corrected chi connectivity index (χ4v) is 1.56. The number of aliphatic hydroxyl groups is 2. The molecule has 6 nitrogen and oxygen atoms in total. The monoisotopic (exact) mass is 199 g/mol. The van der Waals surface area contributed by atoms with Crippen molar-refractivity contribution < 1.29 is 15.0 Å². The van der Waals surface area contributed by atoms with Crippen LogP contribution < -0.4 is 5.73 Å². The summed E-state index contributed by atoms with van der Waals surface area (Å²) in [6.07, 6.45) is 1.16. The third-order valence-corrected chi connectivity index (χ3v) is 2.37. The van der Waals surface area contributed by atoms with Crippen molar-refractivity contribution in [1.29, 1.82) is 0 Å². The molecule has 1 aliphatic heterocycles. The number of aliphatic imine (C=N–C) groups is 2. The van der Waals surface area contributed by atoms with Gasteiger partial charge in [0, 0.05) is 12.1 Å². The zero-order valence-corrected chi connectivity index (χ0v) is 7.79. The molecule has 1 aliphatic rings. The van der Waals surface area contributed by atoms with E-state index in [1.54, 1.807) is 6.92 Å². The molecular formula is C8H13N3O3. The molecule has 1 rings (SSSR count). The first kappa shape index (κ1) is 10.8. The van der Waals surface area contributed by atoms with Gasteiger partial charge in [-0.1, -0.05) is 6.92 Å². The summed E-state index contributed by atoms with van der Waals surface area (Å²) in [5, 5.41) is 18.2. The molecule has 0 spiro atoms. The quantitative estimate of drug-likeness (QED) is 0.487. The van der Waals surface area contributed by atoms with Crippen LogP contribution in [-0.4, -0.2) is 40.5 Å². The molecule has 2 atom stereocenters. The molecule has 0 fully saturated rings. The molecule has 0 aromatic rings. The number of amides is 1. The minimum absolute atomic E-state index is 0.365. The van der Waals surface area contributed by atoms with Gasteiger partial charge in [0.05, 0.1) is 0 Å². The molecule has 78 valence electrons. The van der Waals surface area contributed by atoms with Crippen molar-refractivity contribution in [2.24, 2.45) is 21.6 Å². The summed E-state index contributed by atoms with van der Waals surface area (Å²) >= 11 is 0. The summed E-state index contributed by atoms with van der Waals surface area (Å²) in [4.78, 5) is 18.7. The highest BCUT2D eigenvalue weighted by atomic mass is 16.5. The second-order valence-corrected chi connectivity index (χ2v) is 3.14. The van der Waals surface area contributed by atoms with Crippen LogP contribution in [0.1, 0.15) is 13.3 Å². The molecule has 14 heavy (non-hydrogen) atoms. The van der Waals surface area contributed by atoms with Crippen molar-refractivity contribution in [3.63, 3.8) is 0 Å². The van der Waals surface area contributed by atoms with Crippen LogP contribution in [0, 0.1) is 5.92 Å². The summed E-state index contributed by atoms with van der Waals surface area (Å²) < 4.78 is 0. The Hall–Kier alpha value is -1.27. The largest absolute Gasteiger partial charge is 0.368 e. The number of nitrogens with two attached hydrogens (primary N) is 1. The Morgan fingerprint density at radius 2 is 2.29 bits per heavy atom. The average molecular weight is 199 g/mol. The first-order chi connectivity index (χ1) is 6.54. The van der Waals surface area contributed by atoms with Crippen molar-refractivity contribution in [3.05, 3.63) is 0 Å². The van der Waals surface area contributed by atoms with Crippen LogP contribution in [0.4, 0.5) is 0 Å². The van der Waals surface area contributed by atoms with Crippen LogP contribution in [0.25, 0.3) is 0 Å². The Bertz CT molecular complexity index is 274. The molecule has 0 bridgehead atoms. The molecule has 0 radical (unpaired) electrons. The number of rotatable bonds is 4. The molecule has 0 saturated heterocycles. The van der Waals surface area contributed by atoms with Gasteiger partial charge in [0.15, 0.2) is 11.8 Å². The number of aliphatic hydroxyl groups excluding tert-OH is 1. The lowest BCUT2D eigenvalue weighted by Crippen LogP contribution is -2.52. The first-order valence-electron chi connectivity index (χ1n) is 4.28. The molecule has 0 saturated carbocycles. The number of hydrogen-bond donors (Lipinski definition) is 3. The molecule has 2 unspecified atom stereocenters. The molecule has 4 N–H and O–H groups in total. The fourth-order valence-electron chi connectivity index (χ4n) is 1.56.